The summed E-state index contributed by atoms with van der Waals surface area (Å²) < 4.78 is 20.8. The molecular formula is C27H22ClFN4O. The van der Waals surface area contributed by atoms with E-state index in [0.717, 1.165) is 39.6 Å². The number of fused-ring (bicyclic) bond motifs is 2. The lowest BCUT2D eigenvalue weighted by Gasteiger charge is -2.16. The fourth-order valence-electron chi connectivity index (χ4n) is 3.97. The second kappa shape index (κ2) is 9.33. The number of halogens is 2. The van der Waals surface area contributed by atoms with Crippen LogP contribution in [-0.2, 0) is 0 Å². The van der Waals surface area contributed by atoms with E-state index in [9.17, 15) is 4.39 Å². The number of hydrogen-bond acceptors (Lipinski definition) is 5. The molecule has 0 aliphatic rings. The summed E-state index contributed by atoms with van der Waals surface area (Å²) in [7, 11) is 4.02. The van der Waals surface area contributed by atoms with Gasteiger partial charge in [0.15, 0.2) is 5.65 Å². The number of rotatable bonds is 6. The van der Waals surface area contributed by atoms with Crippen LogP contribution in [0.25, 0.3) is 44.2 Å². The maximum absolute atomic E-state index is 14.7. The van der Waals surface area contributed by atoms with Crippen LogP contribution in [0, 0.1) is 5.82 Å². The molecule has 0 saturated heterocycles. The van der Waals surface area contributed by atoms with Gasteiger partial charge in [-0.15, -0.1) is 0 Å². The van der Waals surface area contributed by atoms with Crippen molar-refractivity contribution in [3.63, 3.8) is 0 Å². The molecule has 0 N–H and O–H groups in total. The van der Waals surface area contributed by atoms with Crippen LogP contribution < -0.4 is 4.74 Å². The summed E-state index contributed by atoms with van der Waals surface area (Å²) in [5, 5.41) is 3.19. The van der Waals surface area contributed by atoms with E-state index in [0.29, 0.717) is 28.5 Å². The van der Waals surface area contributed by atoms with Gasteiger partial charge in [0.2, 0.25) is 0 Å². The Morgan fingerprint density at radius 2 is 1.79 bits per heavy atom. The number of likely N-dealkylation sites (N-methyl/N-ethyl adjacent to an activating group) is 1. The van der Waals surface area contributed by atoms with Gasteiger partial charge in [0, 0.05) is 46.5 Å². The summed E-state index contributed by atoms with van der Waals surface area (Å²) in [6, 6.07) is 16.1. The van der Waals surface area contributed by atoms with E-state index >= 15 is 0 Å². The molecular weight excluding hydrogens is 451 g/mol. The SMILES string of the molecule is CN(C)CCOc1ccc(-c2cc(-c3cc(Cl)ccc3F)nc3ncccc23)c2ccncc12. The normalized spacial score (nSPS) is 11.4. The molecule has 0 aliphatic carbocycles. The largest absolute Gasteiger partial charge is 0.492 e. The number of benzene rings is 2. The lowest BCUT2D eigenvalue weighted by molar-refractivity contribution is 0.263. The van der Waals surface area contributed by atoms with Crippen molar-refractivity contribution in [1.82, 2.24) is 19.9 Å². The Morgan fingerprint density at radius 3 is 2.65 bits per heavy atom. The van der Waals surface area contributed by atoms with Gasteiger partial charge < -0.3 is 9.64 Å². The van der Waals surface area contributed by atoms with E-state index in [4.69, 9.17) is 16.3 Å². The molecule has 0 radical (unpaired) electrons. The van der Waals surface area contributed by atoms with Crippen molar-refractivity contribution in [2.75, 3.05) is 27.2 Å². The minimum Gasteiger partial charge on any atom is -0.492 e. The van der Waals surface area contributed by atoms with Gasteiger partial charge in [-0.1, -0.05) is 17.7 Å². The van der Waals surface area contributed by atoms with Gasteiger partial charge in [-0.2, -0.15) is 0 Å². The average molecular weight is 473 g/mol. The fraction of sp³-hybridized carbons (Fsp3) is 0.148. The molecule has 0 aliphatic heterocycles. The van der Waals surface area contributed by atoms with Crippen molar-refractivity contribution in [1.29, 1.82) is 0 Å². The van der Waals surface area contributed by atoms with Crippen LogP contribution in [0.2, 0.25) is 5.02 Å². The first-order chi connectivity index (χ1) is 16.5. The average Bonchev–Trinajstić information content (AvgIpc) is 2.85. The minimum absolute atomic E-state index is 0.330. The predicted molar refractivity (Wildman–Crippen MR) is 135 cm³/mol. The van der Waals surface area contributed by atoms with E-state index in [2.05, 4.69) is 19.9 Å². The Balaban J connectivity index is 1.71. The van der Waals surface area contributed by atoms with E-state index in [1.54, 1.807) is 18.5 Å². The highest BCUT2D eigenvalue weighted by Gasteiger charge is 2.16. The molecule has 2 aromatic carbocycles. The zero-order chi connectivity index (χ0) is 23.7. The lowest BCUT2D eigenvalue weighted by atomic mass is 9.95. The van der Waals surface area contributed by atoms with Crippen LogP contribution in [0.3, 0.4) is 0 Å². The van der Waals surface area contributed by atoms with Gasteiger partial charge >= 0.3 is 0 Å². The van der Waals surface area contributed by atoms with Crippen LogP contribution in [0.15, 0.2) is 73.2 Å². The first-order valence-corrected chi connectivity index (χ1v) is 11.2. The quantitative estimate of drug-likeness (QED) is 0.292. The Hall–Kier alpha value is -3.61. The second-order valence-corrected chi connectivity index (χ2v) is 8.67. The van der Waals surface area contributed by atoms with E-state index in [1.165, 1.54) is 12.1 Å². The third kappa shape index (κ3) is 4.30. The Labute approximate surface area is 201 Å². The second-order valence-electron chi connectivity index (χ2n) is 8.24. The van der Waals surface area contributed by atoms with E-state index in [-0.39, 0.29) is 0 Å². The van der Waals surface area contributed by atoms with Crippen LogP contribution in [-0.4, -0.2) is 47.1 Å². The molecule has 0 atom stereocenters. The van der Waals surface area contributed by atoms with Crippen molar-refractivity contribution < 1.29 is 9.13 Å². The first kappa shape index (κ1) is 22.2. The number of hydrogen-bond donors (Lipinski definition) is 0. The zero-order valence-electron chi connectivity index (χ0n) is 18.8. The predicted octanol–water partition coefficient (Wildman–Crippen LogP) is 6.24. The monoisotopic (exact) mass is 472 g/mol. The van der Waals surface area contributed by atoms with E-state index in [1.807, 2.05) is 56.7 Å². The summed E-state index contributed by atoms with van der Waals surface area (Å²) in [6.45, 7) is 1.37. The van der Waals surface area contributed by atoms with Crippen molar-refractivity contribution in [3.05, 3.63) is 84.0 Å². The number of aromatic nitrogens is 3. The smallest absolute Gasteiger partial charge is 0.160 e. The maximum atomic E-state index is 14.7. The Morgan fingerprint density at radius 1 is 0.912 bits per heavy atom. The molecule has 5 nitrogen and oxygen atoms in total. The molecule has 0 amide bonds. The highest BCUT2D eigenvalue weighted by Crippen LogP contribution is 2.39. The van der Waals surface area contributed by atoms with Gasteiger partial charge in [-0.3, -0.25) is 4.98 Å². The molecule has 7 heteroatoms. The van der Waals surface area contributed by atoms with Crippen LogP contribution in [0.5, 0.6) is 5.75 Å². The summed E-state index contributed by atoms with van der Waals surface area (Å²) >= 11 is 6.16. The standard InChI is InChI=1S/C27H22ClFN4O/c1-33(2)12-13-34-26-8-6-18(19-9-11-30-16-23(19)26)21-15-25(22-14-17(28)5-7-24(22)29)32-27-20(21)4-3-10-31-27/h3-11,14-16H,12-13H2,1-2H3. The van der Waals surface area contributed by atoms with Crippen LogP contribution >= 0.6 is 11.6 Å². The van der Waals surface area contributed by atoms with Gasteiger partial charge in [-0.25, -0.2) is 14.4 Å². The number of nitrogens with zero attached hydrogens (tertiary/aromatic N) is 4. The maximum Gasteiger partial charge on any atom is 0.160 e. The molecule has 0 bridgehead atoms. The third-order valence-corrected chi connectivity index (χ3v) is 5.89. The van der Waals surface area contributed by atoms with Crippen molar-refractivity contribution in [3.8, 4) is 28.1 Å². The zero-order valence-corrected chi connectivity index (χ0v) is 19.6. The molecule has 5 rings (SSSR count). The van der Waals surface area contributed by atoms with Crippen molar-refractivity contribution in [2.45, 2.75) is 0 Å². The number of pyridine rings is 3. The summed E-state index contributed by atoms with van der Waals surface area (Å²) in [6.07, 6.45) is 5.25. The molecule has 170 valence electrons. The highest BCUT2D eigenvalue weighted by atomic mass is 35.5. The first-order valence-electron chi connectivity index (χ1n) is 10.9. The van der Waals surface area contributed by atoms with Gasteiger partial charge in [-0.05, 0) is 79.1 Å². The molecule has 5 aromatic rings. The third-order valence-electron chi connectivity index (χ3n) is 5.65. The summed E-state index contributed by atoms with van der Waals surface area (Å²) in [5.41, 5.74) is 3.18. The highest BCUT2D eigenvalue weighted by molar-refractivity contribution is 6.30. The molecule has 0 saturated carbocycles. The molecule has 3 heterocycles. The summed E-state index contributed by atoms with van der Waals surface area (Å²) in [4.78, 5) is 15.5. The molecule has 34 heavy (non-hydrogen) atoms. The molecule has 0 fully saturated rings. The Bertz CT molecular complexity index is 1510. The Kier molecular flexibility index (Phi) is 6.09. The van der Waals surface area contributed by atoms with Gasteiger partial charge in [0.1, 0.15) is 18.2 Å². The van der Waals surface area contributed by atoms with Crippen LogP contribution in [0.4, 0.5) is 4.39 Å². The summed E-state index contributed by atoms with van der Waals surface area (Å²) in [5.74, 6) is 0.378. The topological polar surface area (TPSA) is 51.1 Å². The van der Waals surface area contributed by atoms with Crippen molar-refractivity contribution >= 4 is 33.4 Å². The van der Waals surface area contributed by atoms with E-state index < -0.39 is 5.82 Å². The molecule has 0 spiro atoms. The molecule has 3 aromatic heterocycles. The lowest BCUT2D eigenvalue weighted by Crippen LogP contribution is -2.19. The fourth-order valence-corrected chi connectivity index (χ4v) is 4.15. The van der Waals surface area contributed by atoms with Crippen molar-refractivity contribution in [2.24, 2.45) is 0 Å². The van der Waals surface area contributed by atoms with Gasteiger partial charge in [0.25, 0.3) is 0 Å². The molecule has 0 unspecified atom stereocenters. The number of ether oxygens (including phenoxy) is 1. The van der Waals surface area contributed by atoms with Gasteiger partial charge in [0.05, 0.1) is 5.69 Å². The van der Waals surface area contributed by atoms with Crippen LogP contribution in [0.1, 0.15) is 0 Å². The minimum atomic E-state index is -0.392.